The number of ether oxygens (including phenoxy) is 1. The average Bonchev–Trinajstić information content (AvgIpc) is 3.06. The molecule has 2 heterocycles. The van der Waals surface area contributed by atoms with Gasteiger partial charge in [-0.15, -0.1) is 0 Å². The molecule has 6 nitrogen and oxygen atoms in total. The van der Waals surface area contributed by atoms with E-state index in [-0.39, 0.29) is 12.5 Å². The van der Waals surface area contributed by atoms with Crippen molar-refractivity contribution in [1.29, 1.82) is 0 Å². The predicted molar refractivity (Wildman–Crippen MR) is 100 cm³/mol. The number of aromatic nitrogens is 3. The lowest BCUT2D eigenvalue weighted by molar-refractivity contribution is -0.123. The minimum absolute atomic E-state index is 0.142. The SMILES string of the molecule is Cn1cc(-c2cncc(CNC(=O)COc3ccc(Cl)cc3Cl)c2)cn1. The largest absolute Gasteiger partial charge is 0.482 e. The summed E-state index contributed by atoms with van der Waals surface area (Å²) in [5.74, 6) is 0.147. The molecule has 0 unspecified atom stereocenters. The summed E-state index contributed by atoms with van der Waals surface area (Å²) in [4.78, 5) is 16.2. The van der Waals surface area contributed by atoms with Crippen LogP contribution in [0.3, 0.4) is 0 Å². The highest BCUT2D eigenvalue weighted by Crippen LogP contribution is 2.27. The van der Waals surface area contributed by atoms with Gasteiger partial charge < -0.3 is 10.1 Å². The molecule has 0 saturated carbocycles. The fourth-order valence-electron chi connectivity index (χ4n) is 2.30. The first kappa shape index (κ1) is 18.2. The molecule has 1 N–H and O–H groups in total. The van der Waals surface area contributed by atoms with E-state index in [1.807, 2.05) is 19.3 Å². The number of carbonyl (C=O) groups is 1. The fourth-order valence-corrected chi connectivity index (χ4v) is 2.76. The first-order valence-corrected chi connectivity index (χ1v) is 8.54. The first-order valence-electron chi connectivity index (χ1n) is 7.79. The molecule has 8 heteroatoms. The van der Waals surface area contributed by atoms with Crippen LogP contribution in [0.15, 0.2) is 49.1 Å². The molecule has 26 heavy (non-hydrogen) atoms. The Morgan fingerprint density at radius 1 is 1.19 bits per heavy atom. The summed E-state index contributed by atoms with van der Waals surface area (Å²) in [7, 11) is 1.86. The van der Waals surface area contributed by atoms with E-state index in [0.717, 1.165) is 16.7 Å². The lowest BCUT2D eigenvalue weighted by atomic mass is 10.1. The maximum absolute atomic E-state index is 12.0. The molecule has 3 rings (SSSR count). The Bertz CT molecular complexity index is 927. The van der Waals surface area contributed by atoms with Crippen molar-refractivity contribution >= 4 is 29.1 Å². The second kappa shape index (κ2) is 8.21. The smallest absolute Gasteiger partial charge is 0.258 e. The molecule has 0 atom stereocenters. The van der Waals surface area contributed by atoms with Crippen LogP contribution in [0, 0.1) is 0 Å². The Kier molecular flexibility index (Phi) is 5.75. The highest BCUT2D eigenvalue weighted by molar-refractivity contribution is 6.35. The second-order valence-corrected chi connectivity index (χ2v) is 6.47. The number of hydrogen-bond donors (Lipinski definition) is 1. The molecule has 0 aliphatic carbocycles. The molecule has 3 aromatic rings. The third-order valence-electron chi connectivity index (χ3n) is 3.58. The Balaban J connectivity index is 1.54. The summed E-state index contributed by atoms with van der Waals surface area (Å²) in [6.45, 7) is 0.203. The van der Waals surface area contributed by atoms with Crippen LogP contribution in [0.4, 0.5) is 0 Å². The van der Waals surface area contributed by atoms with Gasteiger partial charge >= 0.3 is 0 Å². The average molecular weight is 391 g/mol. The minimum Gasteiger partial charge on any atom is -0.482 e. The maximum atomic E-state index is 12.0. The van der Waals surface area contributed by atoms with E-state index in [1.165, 1.54) is 0 Å². The van der Waals surface area contributed by atoms with Crippen LogP contribution in [0.25, 0.3) is 11.1 Å². The van der Waals surface area contributed by atoms with Crippen LogP contribution in [0.1, 0.15) is 5.56 Å². The lowest BCUT2D eigenvalue weighted by Crippen LogP contribution is -2.28. The fraction of sp³-hybridized carbons (Fsp3) is 0.167. The molecule has 0 fully saturated rings. The van der Waals surface area contributed by atoms with Crippen LogP contribution < -0.4 is 10.1 Å². The number of pyridine rings is 1. The Morgan fingerprint density at radius 3 is 2.77 bits per heavy atom. The predicted octanol–water partition coefficient (Wildman–Crippen LogP) is 3.48. The van der Waals surface area contributed by atoms with Gasteiger partial charge in [-0.1, -0.05) is 23.2 Å². The Morgan fingerprint density at radius 2 is 2.04 bits per heavy atom. The molecule has 0 aliphatic heterocycles. The first-order chi connectivity index (χ1) is 12.5. The van der Waals surface area contributed by atoms with Gasteiger partial charge in [0, 0.05) is 48.3 Å². The van der Waals surface area contributed by atoms with Gasteiger partial charge in [-0.2, -0.15) is 5.10 Å². The number of amides is 1. The summed E-state index contributed by atoms with van der Waals surface area (Å²) < 4.78 is 7.13. The highest BCUT2D eigenvalue weighted by Gasteiger charge is 2.08. The van der Waals surface area contributed by atoms with Crippen LogP contribution in [-0.2, 0) is 18.4 Å². The van der Waals surface area contributed by atoms with Crippen molar-refractivity contribution in [2.24, 2.45) is 7.05 Å². The van der Waals surface area contributed by atoms with Gasteiger partial charge in [0.05, 0.1) is 11.2 Å². The van der Waals surface area contributed by atoms with Gasteiger partial charge in [-0.25, -0.2) is 0 Å². The molecule has 0 radical (unpaired) electrons. The molecule has 1 aromatic carbocycles. The number of carbonyl (C=O) groups excluding carboxylic acids is 1. The van der Waals surface area contributed by atoms with E-state index in [9.17, 15) is 4.79 Å². The number of aryl methyl sites for hydroxylation is 1. The van der Waals surface area contributed by atoms with Crippen molar-refractivity contribution in [3.63, 3.8) is 0 Å². The van der Waals surface area contributed by atoms with E-state index in [2.05, 4.69) is 15.4 Å². The lowest BCUT2D eigenvalue weighted by Gasteiger charge is -2.09. The number of nitrogens with one attached hydrogen (secondary N) is 1. The van der Waals surface area contributed by atoms with Gasteiger partial charge in [-0.3, -0.25) is 14.5 Å². The van der Waals surface area contributed by atoms with Crippen LogP contribution in [-0.4, -0.2) is 27.3 Å². The monoisotopic (exact) mass is 390 g/mol. The Hall–Kier alpha value is -2.57. The summed E-state index contributed by atoms with van der Waals surface area (Å²) in [5, 5.41) is 7.80. The van der Waals surface area contributed by atoms with Gasteiger partial charge in [0.1, 0.15) is 5.75 Å². The Labute approximate surface area is 160 Å². The van der Waals surface area contributed by atoms with Gasteiger partial charge in [-0.05, 0) is 29.8 Å². The second-order valence-electron chi connectivity index (χ2n) is 5.62. The number of rotatable bonds is 6. The van der Waals surface area contributed by atoms with Gasteiger partial charge in [0.25, 0.3) is 5.91 Å². The zero-order valence-electron chi connectivity index (χ0n) is 13.9. The molecule has 0 bridgehead atoms. The summed E-state index contributed by atoms with van der Waals surface area (Å²) in [6.07, 6.45) is 7.14. The van der Waals surface area contributed by atoms with Crippen LogP contribution in [0.2, 0.25) is 10.0 Å². The molecule has 0 saturated heterocycles. The third kappa shape index (κ3) is 4.74. The highest BCUT2D eigenvalue weighted by atomic mass is 35.5. The molecule has 0 spiro atoms. The topological polar surface area (TPSA) is 69.0 Å². The summed E-state index contributed by atoms with van der Waals surface area (Å²) >= 11 is 11.8. The molecule has 134 valence electrons. The summed E-state index contributed by atoms with van der Waals surface area (Å²) in [6, 6.07) is 6.79. The normalized spacial score (nSPS) is 10.6. The van der Waals surface area contributed by atoms with E-state index in [1.54, 1.807) is 41.5 Å². The third-order valence-corrected chi connectivity index (χ3v) is 4.11. The van der Waals surface area contributed by atoms with Crippen molar-refractivity contribution < 1.29 is 9.53 Å². The number of hydrogen-bond acceptors (Lipinski definition) is 4. The summed E-state index contributed by atoms with van der Waals surface area (Å²) in [5.41, 5.74) is 2.78. The number of halogens is 2. The van der Waals surface area contributed by atoms with Crippen molar-refractivity contribution in [2.75, 3.05) is 6.61 Å². The molecular weight excluding hydrogens is 375 g/mol. The van der Waals surface area contributed by atoms with E-state index < -0.39 is 0 Å². The molecule has 1 amide bonds. The van der Waals surface area contributed by atoms with Gasteiger partial charge in [0.15, 0.2) is 6.61 Å². The standard InChI is InChI=1S/C18H16Cl2N4O2/c1-24-10-14(9-23-24)13-4-12(6-21-8-13)7-22-18(25)11-26-17-3-2-15(19)5-16(17)20/h2-6,8-10H,7,11H2,1H3,(H,22,25). The maximum Gasteiger partial charge on any atom is 0.258 e. The van der Waals surface area contributed by atoms with E-state index >= 15 is 0 Å². The zero-order chi connectivity index (χ0) is 18.5. The van der Waals surface area contributed by atoms with E-state index in [4.69, 9.17) is 27.9 Å². The molecular formula is C18H16Cl2N4O2. The van der Waals surface area contributed by atoms with Crippen LogP contribution >= 0.6 is 23.2 Å². The van der Waals surface area contributed by atoms with E-state index in [0.29, 0.717) is 22.3 Å². The minimum atomic E-state index is -0.261. The van der Waals surface area contributed by atoms with Crippen molar-refractivity contribution in [3.05, 3.63) is 64.7 Å². The zero-order valence-corrected chi connectivity index (χ0v) is 15.5. The quantitative estimate of drug-likeness (QED) is 0.699. The van der Waals surface area contributed by atoms with Crippen LogP contribution in [0.5, 0.6) is 5.75 Å². The van der Waals surface area contributed by atoms with Crippen molar-refractivity contribution in [2.45, 2.75) is 6.54 Å². The number of nitrogens with zero attached hydrogens (tertiary/aromatic N) is 3. The molecule has 0 aliphatic rings. The van der Waals surface area contributed by atoms with Crippen molar-refractivity contribution in [1.82, 2.24) is 20.1 Å². The van der Waals surface area contributed by atoms with Gasteiger partial charge in [0.2, 0.25) is 0 Å². The van der Waals surface area contributed by atoms with Crippen molar-refractivity contribution in [3.8, 4) is 16.9 Å². The molecule has 2 aromatic heterocycles. The number of benzene rings is 1.